The highest BCUT2D eigenvalue weighted by atomic mass is 15.1. The summed E-state index contributed by atoms with van der Waals surface area (Å²) in [5, 5.41) is 4.11. The Morgan fingerprint density at radius 3 is 2.50 bits per heavy atom. The van der Waals surface area contributed by atoms with Gasteiger partial charge in [-0.3, -0.25) is 4.98 Å². The lowest BCUT2D eigenvalue weighted by atomic mass is 10.1. The molecule has 3 rings (SSSR count). The monoisotopic (exact) mass is 264 g/mol. The zero-order chi connectivity index (χ0) is 14.1. The van der Waals surface area contributed by atoms with Crippen molar-refractivity contribution in [1.82, 2.24) is 15.0 Å². The lowest BCUT2D eigenvalue weighted by Gasteiger charge is -2.07. The first-order valence-corrected chi connectivity index (χ1v) is 6.57. The highest BCUT2D eigenvalue weighted by Gasteiger charge is 2.05. The average molecular weight is 264 g/mol. The van der Waals surface area contributed by atoms with Crippen LogP contribution in [-0.2, 0) is 0 Å². The lowest BCUT2D eigenvalue weighted by Crippen LogP contribution is -1.99. The van der Waals surface area contributed by atoms with Crippen LogP contribution in [0.4, 0.5) is 5.95 Å². The Balaban J connectivity index is 2.14. The van der Waals surface area contributed by atoms with Crippen molar-refractivity contribution in [2.45, 2.75) is 13.8 Å². The van der Waals surface area contributed by atoms with E-state index in [1.807, 2.05) is 39.1 Å². The molecular weight excluding hydrogens is 248 g/mol. The van der Waals surface area contributed by atoms with Gasteiger partial charge in [-0.1, -0.05) is 12.1 Å². The molecule has 0 saturated carbocycles. The second kappa shape index (κ2) is 4.89. The molecule has 3 aromatic rings. The third-order valence-electron chi connectivity index (χ3n) is 3.20. The third-order valence-corrected chi connectivity index (χ3v) is 3.20. The molecule has 2 aromatic heterocycles. The van der Waals surface area contributed by atoms with Crippen molar-refractivity contribution in [3.05, 3.63) is 47.8 Å². The van der Waals surface area contributed by atoms with Crippen LogP contribution < -0.4 is 5.32 Å². The van der Waals surface area contributed by atoms with Crippen LogP contribution in [0.25, 0.3) is 22.2 Å². The van der Waals surface area contributed by atoms with E-state index in [0.717, 1.165) is 33.5 Å². The average Bonchev–Trinajstić information content (AvgIpc) is 2.46. The summed E-state index contributed by atoms with van der Waals surface area (Å²) < 4.78 is 0. The molecule has 2 heterocycles. The Morgan fingerprint density at radius 2 is 1.70 bits per heavy atom. The molecule has 0 bridgehead atoms. The number of aromatic nitrogens is 3. The molecule has 0 atom stereocenters. The minimum atomic E-state index is 0.641. The molecule has 0 aliphatic carbocycles. The smallest absolute Gasteiger partial charge is 0.223 e. The molecule has 0 spiro atoms. The molecule has 4 nitrogen and oxygen atoms in total. The van der Waals surface area contributed by atoms with Crippen LogP contribution in [-0.4, -0.2) is 22.0 Å². The van der Waals surface area contributed by atoms with Gasteiger partial charge in [0, 0.05) is 29.4 Å². The maximum atomic E-state index is 4.52. The van der Waals surface area contributed by atoms with Crippen molar-refractivity contribution in [2.75, 3.05) is 12.4 Å². The summed E-state index contributed by atoms with van der Waals surface area (Å²) in [4.78, 5) is 13.3. The summed E-state index contributed by atoms with van der Waals surface area (Å²) in [5.41, 5.74) is 4.98. The van der Waals surface area contributed by atoms with Crippen LogP contribution >= 0.6 is 0 Å². The van der Waals surface area contributed by atoms with E-state index >= 15 is 0 Å². The maximum absolute atomic E-state index is 4.52. The summed E-state index contributed by atoms with van der Waals surface area (Å²) >= 11 is 0. The van der Waals surface area contributed by atoms with Crippen LogP contribution in [0.2, 0.25) is 0 Å². The van der Waals surface area contributed by atoms with E-state index in [0.29, 0.717) is 5.95 Å². The van der Waals surface area contributed by atoms with Crippen molar-refractivity contribution < 1.29 is 0 Å². The summed E-state index contributed by atoms with van der Waals surface area (Å²) in [6, 6.07) is 12.3. The topological polar surface area (TPSA) is 50.7 Å². The Kier molecular flexibility index (Phi) is 3.06. The number of anilines is 1. The van der Waals surface area contributed by atoms with E-state index in [9.17, 15) is 0 Å². The number of rotatable bonds is 2. The van der Waals surface area contributed by atoms with E-state index in [1.54, 1.807) is 0 Å². The van der Waals surface area contributed by atoms with E-state index in [4.69, 9.17) is 0 Å². The van der Waals surface area contributed by atoms with E-state index in [-0.39, 0.29) is 0 Å². The molecule has 0 aliphatic rings. The minimum absolute atomic E-state index is 0.641. The van der Waals surface area contributed by atoms with Gasteiger partial charge in [0.25, 0.3) is 0 Å². The van der Waals surface area contributed by atoms with Crippen molar-refractivity contribution in [2.24, 2.45) is 0 Å². The van der Waals surface area contributed by atoms with Gasteiger partial charge in [-0.2, -0.15) is 0 Å². The number of nitrogens with one attached hydrogen (secondary N) is 1. The molecule has 0 aliphatic heterocycles. The fraction of sp³-hybridized carbons (Fsp3) is 0.188. The second-order valence-corrected chi connectivity index (χ2v) is 4.83. The molecule has 0 fully saturated rings. The Morgan fingerprint density at radius 1 is 0.850 bits per heavy atom. The highest BCUT2D eigenvalue weighted by molar-refractivity contribution is 5.84. The lowest BCUT2D eigenvalue weighted by molar-refractivity contribution is 1.10. The highest BCUT2D eigenvalue weighted by Crippen LogP contribution is 2.23. The predicted octanol–water partition coefficient (Wildman–Crippen LogP) is 3.35. The molecule has 20 heavy (non-hydrogen) atoms. The Bertz CT molecular complexity index is 781. The van der Waals surface area contributed by atoms with Crippen LogP contribution in [0.1, 0.15) is 11.4 Å². The fourth-order valence-electron chi connectivity index (χ4n) is 2.22. The summed E-state index contributed by atoms with van der Waals surface area (Å²) in [6.07, 6.45) is 0. The van der Waals surface area contributed by atoms with Crippen molar-refractivity contribution >= 4 is 16.9 Å². The number of pyridine rings is 1. The Labute approximate surface area is 117 Å². The molecule has 1 N–H and O–H groups in total. The normalized spacial score (nSPS) is 10.8. The second-order valence-electron chi connectivity index (χ2n) is 4.83. The van der Waals surface area contributed by atoms with Crippen molar-refractivity contribution in [1.29, 1.82) is 0 Å². The van der Waals surface area contributed by atoms with Gasteiger partial charge in [0.05, 0.1) is 11.2 Å². The fourth-order valence-corrected chi connectivity index (χ4v) is 2.22. The standard InChI is InChI=1S/C16H16N4/c1-10-4-5-12-9-13(6-7-14(12)18-10)15-8-11(2)19-16(17-3)20-15/h4-9H,1-3H3,(H,17,19,20). The van der Waals surface area contributed by atoms with Gasteiger partial charge in [0.1, 0.15) is 0 Å². The summed E-state index contributed by atoms with van der Waals surface area (Å²) in [7, 11) is 1.83. The molecule has 100 valence electrons. The van der Waals surface area contributed by atoms with E-state index in [2.05, 4.69) is 38.5 Å². The molecule has 0 unspecified atom stereocenters. The van der Waals surface area contributed by atoms with Crippen LogP contribution in [0, 0.1) is 13.8 Å². The van der Waals surface area contributed by atoms with Crippen molar-refractivity contribution in [3.63, 3.8) is 0 Å². The molecule has 0 radical (unpaired) electrons. The number of hydrogen-bond donors (Lipinski definition) is 1. The van der Waals surface area contributed by atoms with Crippen LogP contribution in [0.5, 0.6) is 0 Å². The largest absolute Gasteiger partial charge is 0.357 e. The maximum Gasteiger partial charge on any atom is 0.223 e. The van der Waals surface area contributed by atoms with Crippen LogP contribution in [0.3, 0.4) is 0 Å². The first-order valence-electron chi connectivity index (χ1n) is 6.57. The predicted molar refractivity (Wildman–Crippen MR) is 81.8 cm³/mol. The molecule has 0 amide bonds. The number of hydrogen-bond acceptors (Lipinski definition) is 4. The van der Waals surface area contributed by atoms with Gasteiger partial charge in [-0.15, -0.1) is 0 Å². The van der Waals surface area contributed by atoms with Gasteiger partial charge in [0.2, 0.25) is 5.95 Å². The summed E-state index contributed by atoms with van der Waals surface area (Å²) in [5.74, 6) is 0.641. The van der Waals surface area contributed by atoms with Crippen LogP contribution in [0.15, 0.2) is 36.4 Å². The number of fused-ring (bicyclic) bond motifs is 1. The third kappa shape index (κ3) is 2.32. The van der Waals surface area contributed by atoms with E-state index < -0.39 is 0 Å². The number of aryl methyl sites for hydroxylation is 2. The first-order chi connectivity index (χ1) is 9.65. The van der Waals surface area contributed by atoms with Gasteiger partial charge in [0.15, 0.2) is 0 Å². The van der Waals surface area contributed by atoms with Gasteiger partial charge in [-0.25, -0.2) is 9.97 Å². The number of nitrogens with zero attached hydrogens (tertiary/aromatic N) is 3. The molecule has 1 aromatic carbocycles. The van der Waals surface area contributed by atoms with Gasteiger partial charge < -0.3 is 5.32 Å². The SMILES string of the molecule is CNc1nc(C)cc(-c2ccc3nc(C)ccc3c2)n1. The van der Waals surface area contributed by atoms with Gasteiger partial charge >= 0.3 is 0 Å². The molecule has 0 saturated heterocycles. The van der Waals surface area contributed by atoms with Gasteiger partial charge in [-0.05, 0) is 38.1 Å². The minimum Gasteiger partial charge on any atom is -0.357 e. The zero-order valence-corrected chi connectivity index (χ0v) is 11.8. The molecular formula is C16H16N4. The zero-order valence-electron chi connectivity index (χ0n) is 11.8. The van der Waals surface area contributed by atoms with E-state index in [1.165, 1.54) is 0 Å². The molecule has 4 heteroatoms. The number of benzene rings is 1. The Hall–Kier alpha value is -2.49. The summed E-state index contributed by atoms with van der Waals surface area (Å²) in [6.45, 7) is 3.97. The van der Waals surface area contributed by atoms with Crippen molar-refractivity contribution in [3.8, 4) is 11.3 Å². The first kappa shape index (κ1) is 12.5. The quantitative estimate of drug-likeness (QED) is 0.771.